The lowest BCUT2D eigenvalue weighted by molar-refractivity contribution is -0.115. The number of benzene rings is 2. The van der Waals surface area contributed by atoms with Crippen molar-refractivity contribution in [1.29, 1.82) is 0 Å². The van der Waals surface area contributed by atoms with Gasteiger partial charge in [0.2, 0.25) is 5.91 Å². The molecule has 0 unspecified atom stereocenters. The van der Waals surface area contributed by atoms with E-state index in [0.717, 1.165) is 17.0 Å². The lowest BCUT2D eigenvalue weighted by atomic mass is 10.1. The van der Waals surface area contributed by atoms with Crippen LogP contribution in [0.3, 0.4) is 0 Å². The molecule has 6 heteroatoms. The van der Waals surface area contributed by atoms with Crippen molar-refractivity contribution in [2.45, 2.75) is 17.1 Å². The molecule has 0 fully saturated rings. The fourth-order valence-electron chi connectivity index (χ4n) is 2.06. The number of thioether (sulfide) groups is 1. The average molecular weight is 358 g/mol. The first-order valence-electron chi connectivity index (χ1n) is 7.35. The Balaban J connectivity index is 1.51. The summed E-state index contributed by atoms with van der Waals surface area (Å²) in [7, 11) is 0. The number of thiazole rings is 1. The molecule has 2 aromatic carbocycles. The summed E-state index contributed by atoms with van der Waals surface area (Å²) in [5.74, 6) is 0.298. The Morgan fingerprint density at radius 3 is 2.62 bits per heavy atom. The van der Waals surface area contributed by atoms with Crippen molar-refractivity contribution in [3.05, 3.63) is 77.1 Å². The van der Waals surface area contributed by atoms with E-state index in [1.54, 1.807) is 23.9 Å². The number of nitrogens with one attached hydrogen (secondary N) is 1. The topological polar surface area (TPSA) is 42.0 Å². The Morgan fingerprint density at radius 1 is 1.12 bits per heavy atom. The minimum Gasteiger partial charge on any atom is -0.302 e. The first-order chi connectivity index (χ1) is 11.7. The van der Waals surface area contributed by atoms with Gasteiger partial charge in [-0.15, -0.1) is 23.1 Å². The molecule has 0 radical (unpaired) electrons. The third-order valence-corrected chi connectivity index (χ3v) is 5.06. The van der Waals surface area contributed by atoms with Crippen molar-refractivity contribution in [1.82, 2.24) is 4.98 Å². The Bertz CT molecular complexity index is 803. The van der Waals surface area contributed by atoms with Crippen molar-refractivity contribution in [2.75, 3.05) is 5.32 Å². The van der Waals surface area contributed by atoms with Crippen LogP contribution in [0.2, 0.25) is 0 Å². The second kappa shape index (κ2) is 8.08. The summed E-state index contributed by atoms with van der Waals surface area (Å²) < 4.78 is 12.9. The van der Waals surface area contributed by atoms with Gasteiger partial charge in [0.1, 0.15) is 5.82 Å². The third-order valence-electron chi connectivity index (χ3n) is 3.21. The van der Waals surface area contributed by atoms with Crippen molar-refractivity contribution in [3.8, 4) is 0 Å². The monoisotopic (exact) mass is 358 g/mol. The van der Waals surface area contributed by atoms with Gasteiger partial charge in [-0.25, -0.2) is 9.37 Å². The van der Waals surface area contributed by atoms with Crippen LogP contribution in [0.1, 0.15) is 11.3 Å². The van der Waals surface area contributed by atoms with Gasteiger partial charge in [0, 0.05) is 16.0 Å². The van der Waals surface area contributed by atoms with Crippen LogP contribution in [0, 0.1) is 5.82 Å². The van der Waals surface area contributed by atoms with E-state index >= 15 is 0 Å². The minimum atomic E-state index is -0.306. The van der Waals surface area contributed by atoms with Gasteiger partial charge >= 0.3 is 0 Å². The molecule has 0 aliphatic rings. The normalized spacial score (nSPS) is 10.5. The van der Waals surface area contributed by atoms with Gasteiger partial charge in [-0.3, -0.25) is 4.79 Å². The number of carbonyl (C=O) groups excluding carboxylic acids is 1. The lowest BCUT2D eigenvalue weighted by Crippen LogP contribution is -2.14. The zero-order valence-corrected chi connectivity index (χ0v) is 14.4. The first-order valence-corrected chi connectivity index (χ1v) is 9.22. The number of hydrogen-bond donors (Lipinski definition) is 1. The highest BCUT2D eigenvalue weighted by Crippen LogP contribution is 2.24. The molecule has 0 aliphatic carbocycles. The maximum Gasteiger partial charge on any atom is 0.230 e. The molecule has 1 heterocycles. The fraction of sp³-hybridized carbons (Fsp3) is 0.111. The molecule has 122 valence electrons. The molecule has 3 nitrogen and oxygen atoms in total. The lowest BCUT2D eigenvalue weighted by Gasteiger charge is -2.02. The number of nitrogens with zero attached hydrogens (tertiary/aromatic N) is 1. The van der Waals surface area contributed by atoms with Gasteiger partial charge in [0.05, 0.1) is 12.1 Å². The van der Waals surface area contributed by atoms with Crippen LogP contribution in [-0.4, -0.2) is 10.9 Å². The van der Waals surface area contributed by atoms with Crippen LogP contribution in [0.25, 0.3) is 0 Å². The minimum absolute atomic E-state index is 0.154. The molecule has 0 bridgehead atoms. The molecule has 1 aromatic heterocycles. The van der Waals surface area contributed by atoms with Crippen LogP contribution >= 0.6 is 23.1 Å². The summed E-state index contributed by atoms with van der Waals surface area (Å²) in [5.41, 5.74) is 1.70. The molecule has 0 saturated carbocycles. The molecular formula is C18H15FN2OS2. The van der Waals surface area contributed by atoms with Gasteiger partial charge in [0.25, 0.3) is 0 Å². The quantitative estimate of drug-likeness (QED) is 0.646. The number of rotatable bonds is 6. The SMILES string of the molecule is O=C(Cc1ccc(F)cc1)Nc1nc(CSc2ccccc2)cs1. The molecule has 24 heavy (non-hydrogen) atoms. The summed E-state index contributed by atoms with van der Waals surface area (Å²) in [6, 6.07) is 16.0. The highest BCUT2D eigenvalue weighted by atomic mass is 32.2. The van der Waals surface area contributed by atoms with Gasteiger partial charge in [-0.1, -0.05) is 30.3 Å². The van der Waals surface area contributed by atoms with Crippen molar-refractivity contribution in [3.63, 3.8) is 0 Å². The Kier molecular flexibility index (Phi) is 5.61. The number of anilines is 1. The first kappa shape index (κ1) is 16.7. The van der Waals surface area contributed by atoms with Gasteiger partial charge in [-0.2, -0.15) is 0 Å². The second-order valence-corrected chi connectivity index (χ2v) is 7.00. The molecule has 3 aromatic rings. The van der Waals surface area contributed by atoms with Gasteiger partial charge in [0.15, 0.2) is 5.13 Å². The zero-order valence-electron chi connectivity index (χ0n) is 12.7. The van der Waals surface area contributed by atoms with E-state index in [1.807, 2.05) is 23.6 Å². The molecule has 3 rings (SSSR count). The number of amides is 1. The van der Waals surface area contributed by atoms with Gasteiger partial charge in [-0.05, 0) is 29.8 Å². The molecular weight excluding hydrogens is 343 g/mol. The Hall–Kier alpha value is -2.18. The van der Waals surface area contributed by atoms with Gasteiger partial charge < -0.3 is 5.32 Å². The van der Waals surface area contributed by atoms with E-state index in [0.29, 0.717) is 5.13 Å². The van der Waals surface area contributed by atoms with E-state index in [1.165, 1.54) is 28.4 Å². The number of aromatic nitrogens is 1. The molecule has 0 atom stereocenters. The molecule has 0 saturated heterocycles. The predicted octanol–water partition coefficient (Wildman–Crippen LogP) is 4.76. The number of hydrogen-bond acceptors (Lipinski definition) is 4. The van der Waals surface area contributed by atoms with Crippen LogP contribution < -0.4 is 5.32 Å². The fourth-order valence-corrected chi connectivity index (χ4v) is 3.70. The van der Waals surface area contributed by atoms with E-state index < -0.39 is 0 Å². The van der Waals surface area contributed by atoms with Crippen molar-refractivity contribution >= 4 is 34.1 Å². The smallest absolute Gasteiger partial charge is 0.230 e. The number of halogens is 1. The zero-order chi connectivity index (χ0) is 16.8. The Labute approximate surface area is 148 Å². The Morgan fingerprint density at radius 2 is 1.88 bits per heavy atom. The second-order valence-electron chi connectivity index (χ2n) is 5.10. The van der Waals surface area contributed by atoms with Crippen LogP contribution in [0.15, 0.2) is 64.9 Å². The van der Waals surface area contributed by atoms with Crippen molar-refractivity contribution in [2.24, 2.45) is 0 Å². The molecule has 1 amide bonds. The van der Waals surface area contributed by atoms with E-state index in [4.69, 9.17) is 0 Å². The maximum absolute atomic E-state index is 12.9. The van der Waals surface area contributed by atoms with Crippen LogP contribution in [0.4, 0.5) is 9.52 Å². The van der Waals surface area contributed by atoms with E-state index in [9.17, 15) is 9.18 Å². The number of carbonyl (C=O) groups is 1. The summed E-state index contributed by atoms with van der Waals surface area (Å²) in [6.07, 6.45) is 0.202. The maximum atomic E-state index is 12.9. The summed E-state index contributed by atoms with van der Waals surface area (Å²) >= 11 is 3.12. The predicted molar refractivity (Wildman–Crippen MR) is 96.9 cm³/mol. The van der Waals surface area contributed by atoms with Crippen LogP contribution in [-0.2, 0) is 17.0 Å². The highest BCUT2D eigenvalue weighted by Gasteiger charge is 2.08. The standard InChI is InChI=1S/C18H15FN2OS2/c19-14-8-6-13(7-9-14)10-17(22)21-18-20-15(12-24-18)11-23-16-4-2-1-3-5-16/h1-9,12H,10-11H2,(H,20,21,22). The molecule has 0 spiro atoms. The van der Waals surface area contributed by atoms with Crippen LogP contribution in [0.5, 0.6) is 0 Å². The summed E-state index contributed by atoms with van der Waals surface area (Å²) in [4.78, 5) is 17.6. The highest BCUT2D eigenvalue weighted by molar-refractivity contribution is 7.98. The third kappa shape index (κ3) is 4.91. The average Bonchev–Trinajstić information content (AvgIpc) is 3.03. The summed E-state index contributed by atoms with van der Waals surface area (Å²) in [5, 5.41) is 5.33. The largest absolute Gasteiger partial charge is 0.302 e. The molecule has 1 N–H and O–H groups in total. The molecule has 0 aliphatic heterocycles. The summed E-state index contributed by atoms with van der Waals surface area (Å²) in [6.45, 7) is 0. The van der Waals surface area contributed by atoms with E-state index in [2.05, 4.69) is 22.4 Å². The van der Waals surface area contributed by atoms with E-state index in [-0.39, 0.29) is 18.1 Å². The van der Waals surface area contributed by atoms with Crippen molar-refractivity contribution < 1.29 is 9.18 Å².